The number of hydrogen-bond donors (Lipinski definition) is 1. The van der Waals surface area contributed by atoms with Gasteiger partial charge in [0.05, 0.1) is 11.4 Å². The minimum atomic E-state index is -0.713. The first kappa shape index (κ1) is 16.1. The highest BCUT2D eigenvalue weighted by Crippen LogP contribution is 2.30. The van der Waals surface area contributed by atoms with Crippen molar-refractivity contribution in [2.24, 2.45) is 0 Å². The van der Waals surface area contributed by atoms with Crippen molar-refractivity contribution in [2.75, 3.05) is 16.8 Å². The average molecular weight is 346 g/mol. The molecule has 3 aromatic carbocycles. The molecule has 0 aromatic heterocycles. The molecule has 0 saturated heterocycles. The van der Waals surface area contributed by atoms with E-state index in [0.29, 0.717) is 17.1 Å². The second-order valence-corrected chi connectivity index (χ2v) is 6.26. The lowest BCUT2D eigenvalue weighted by molar-refractivity contribution is -0.126. The zero-order valence-corrected chi connectivity index (χ0v) is 14.3. The predicted octanol–water partition coefficient (Wildman–Crippen LogP) is 3.59. The Labute approximate surface area is 151 Å². The SMILES string of the molecule is C[C@H](Oc1ccc2ccccc2c1)C(=O)N1CC(=O)Nc2ccccc21. The third kappa shape index (κ3) is 2.99. The molecule has 0 fully saturated rings. The number of nitrogens with zero attached hydrogens (tertiary/aromatic N) is 1. The lowest BCUT2D eigenvalue weighted by Crippen LogP contribution is -2.47. The van der Waals surface area contributed by atoms with E-state index in [1.54, 1.807) is 13.0 Å². The zero-order chi connectivity index (χ0) is 18.1. The van der Waals surface area contributed by atoms with E-state index >= 15 is 0 Å². The number of hydrogen-bond acceptors (Lipinski definition) is 3. The van der Waals surface area contributed by atoms with Gasteiger partial charge in [-0.3, -0.25) is 14.5 Å². The number of nitrogens with one attached hydrogen (secondary N) is 1. The van der Waals surface area contributed by atoms with Crippen molar-refractivity contribution < 1.29 is 14.3 Å². The normalized spacial score (nSPS) is 14.5. The molecule has 1 atom stereocenters. The van der Waals surface area contributed by atoms with Gasteiger partial charge in [-0.05, 0) is 42.0 Å². The molecular formula is C21H18N2O3. The minimum Gasteiger partial charge on any atom is -0.481 e. The first-order valence-corrected chi connectivity index (χ1v) is 8.47. The van der Waals surface area contributed by atoms with Gasteiger partial charge < -0.3 is 10.1 Å². The van der Waals surface area contributed by atoms with Crippen molar-refractivity contribution in [3.8, 4) is 5.75 Å². The Balaban J connectivity index is 1.57. The molecule has 0 bridgehead atoms. The number of para-hydroxylation sites is 2. The molecule has 3 aromatic rings. The molecular weight excluding hydrogens is 328 g/mol. The molecule has 0 saturated carbocycles. The number of fused-ring (bicyclic) bond motifs is 2. The van der Waals surface area contributed by atoms with Gasteiger partial charge in [0.25, 0.3) is 5.91 Å². The highest BCUT2D eigenvalue weighted by Gasteiger charge is 2.30. The summed E-state index contributed by atoms with van der Waals surface area (Å²) in [5.74, 6) is 0.162. The van der Waals surface area contributed by atoms with Crippen LogP contribution < -0.4 is 15.0 Å². The van der Waals surface area contributed by atoms with Crippen LogP contribution in [0.1, 0.15) is 6.92 Å². The maximum Gasteiger partial charge on any atom is 0.268 e. The summed E-state index contributed by atoms with van der Waals surface area (Å²) in [4.78, 5) is 26.3. The van der Waals surface area contributed by atoms with Crippen LogP contribution in [0.5, 0.6) is 5.75 Å². The summed E-state index contributed by atoms with van der Waals surface area (Å²) in [6.07, 6.45) is -0.713. The van der Waals surface area contributed by atoms with E-state index in [1.165, 1.54) is 4.90 Å². The van der Waals surface area contributed by atoms with E-state index in [0.717, 1.165) is 10.8 Å². The van der Waals surface area contributed by atoms with Crippen LogP contribution in [0.15, 0.2) is 66.7 Å². The summed E-state index contributed by atoms with van der Waals surface area (Å²) in [6, 6.07) is 20.9. The lowest BCUT2D eigenvalue weighted by atomic mass is 10.1. The smallest absolute Gasteiger partial charge is 0.268 e. The largest absolute Gasteiger partial charge is 0.481 e. The van der Waals surface area contributed by atoms with Gasteiger partial charge in [0.2, 0.25) is 5.91 Å². The summed E-state index contributed by atoms with van der Waals surface area (Å²) in [7, 11) is 0. The second-order valence-electron chi connectivity index (χ2n) is 6.26. The van der Waals surface area contributed by atoms with Crippen LogP contribution in [0.25, 0.3) is 10.8 Å². The molecule has 0 spiro atoms. The molecule has 0 unspecified atom stereocenters. The van der Waals surface area contributed by atoms with Gasteiger partial charge in [-0.15, -0.1) is 0 Å². The molecule has 5 heteroatoms. The van der Waals surface area contributed by atoms with Crippen LogP contribution >= 0.6 is 0 Å². The first-order chi connectivity index (χ1) is 12.6. The summed E-state index contributed by atoms with van der Waals surface area (Å²) in [6.45, 7) is 1.69. The third-order valence-electron chi connectivity index (χ3n) is 4.42. The molecule has 0 radical (unpaired) electrons. The Morgan fingerprint density at radius 1 is 1.04 bits per heavy atom. The van der Waals surface area contributed by atoms with Crippen molar-refractivity contribution in [3.05, 3.63) is 66.7 Å². The zero-order valence-electron chi connectivity index (χ0n) is 14.3. The first-order valence-electron chi connectivity index (χ1n) is 8.47. The molecule has 0 aliphatic carbocycles. The van der Waals surface area contributed by atoms with Crippen LogP contribution in [-0.2, 0) is 9.59 Å². The summed E-state index contributed by atoms with van der Waals surface area (Å²) >= 11 is 0. The number of carbonyl (C=O) groups excluding carboxylic acids is 2. The standard InChI is InChI=1S/C21H18N2O3/c1-14(26-17-11-10-15-6-2-3-7-16(15)12-17)21(25)23-13-20(24)22-18-8-4-5-9-19(18)23/h2-12,14H,13H2,1H3,(H,22,24)/t14-/m0/s1. The molecule has 1 aliphatic rings. The minimum absolute atomic E-state index is 0.0126. The lowest BCUT2D eigenvalue weighted by Gasteiger charge is -2.31. The molecule has 1 N–H and O–H groups in total. The van der Waals surface area contributed by atoms with Crippen LogP contribution in [0, 0.1) is 0 Å². The van der Waals surface area contributed by atoms with Gasteiger partial charge >= 0.3 is 0 Å². The number of rotatable bonds is 3. The Bertz CT molecular complexity index is 999. The predicted molar refractivity (Wildman–Crippen MR) is 101 cm³/mol. The third-order valence-corrected chi connectivity index (χ3v) is 4.42. The number of ether oxygens (including phenoxy) is 1. The van der Waals surface area contributed by atoms with Crippen molar-refractivity contribution in [2.45, 2.75) is 13.0 Å². The average Bonchev–Trinajstić information content (AvgIpc) is 2.66. The van der Waals surface area contributed by atoms with Crippen LogP contribution in [0.4, 0.5) is 11.4 Å². The Morgan fingerprint density at radius 3 is 2.62 bits per heavy atom. The summed E-state index contributed by atoms with van der Waals surface area (Å²) < 4.78 is 5.86. The molecule has 4 rings (SSSR count). The fourth-order valence-electron chi connectivity index (χ4n) is 3.14. The Morgan fingerprint density at radius 2 is 1.77 bits per heavy atom. The number of amides is 2. The number of anilines is 2. The maximum absolute atomic E-state index is 12.9. The van der Waals surface area contributed by atoms with E-state index in [9.17, 15) is 9.59 Å². The summed E-state index contributed by atoms with van der Waals surface area (Å²) in [5.41, 5.74) is 1.32. The van der Waals surface area contributed by atoms with Crippen LogP contribution in [0.2, 0.25) is 0 Å². The van der Waals surface area contributed by atoms with Crippen LogP contribution in [0.3, 0.4) is 0 Å². The highest BCUT2D eigenvalue weighted by atomic mass is 16.5. The van der Waals surface area contributed by atoms with Crippen molar-refractivity contribution in [1.82, 2.24) is 0 Å². The second kappa shape index (κ2) is 6.52. The number of benzene rings is 3. The Hall–Kier alpha value is -3.34. The molecule has 1 aliphatic heterocycles. The van der Waals surface area contributed by atoms with E-state index in [1.807, 2.05) is 60.7 Å². The molecule has 2 amide bonds. The topological polar surface area (TPSA) is 58.6 Å². The van der Waals surface area contributed by atoms with Crippen molar-refractivity contribution >= 4 is 34.0 Å². The van der Waals surface area contributed by atoms with Gasteiger partial charge in [0.15, 0.2) is 6.10 Å². The number of carbonyl (C=O) groups is 2. The van der Waals surface area contributed by atoms with Crippen molar-refractivity contribution in [3.63, 3.8) is 0 Å². The van der Waals surface area contributed by atoms with Gasteiger partial charge in [-0.2, -0.15) is 0 Å². The van der Waals surface area contributed by atoms with Gasteiger partial charge in [0.1, 0.15) is 12.3 Å². The molecule has 1 heterocycles. The van der Waals surface area contributed by atoms with E-state index < -0.39 is 6.10 Å². The maximum atomic E-state index is 12.9. The van der Waals surface area contributed by atoms with E-state index in [2.05, 4.69) is 5.32 Å². The van der Waals surface area contributed by atoms with E-state index in [4.69, 9.17) is 4.74 Å². The fraction of sp³-hybridized carbons (Fsp3) is 0.143. The van der Waals surface area contributed by atoms with Gasteiger partial charge in [-0.25, -0.2) is 0 Å². The fourth-order valence-corrected chi connectivity index (χ4v) is 3.14. The highest BCUT2D eigenvalue weighted by molar-refractivity contribution is 6.10. The Kier molecular flexibility index (Phi) is 4.05. The van der Waals surface area contributed by atoms with E-state index in [-0.39, 0.29) is 18.4 Å². The quantitative estimate of drug-likeness (QED) is 0.788. The molecule has 26 heavy (non-hydrogen) atoms. The van der Waals surface area contributed by atoms with Crippen molar-refractivity contribution in [1.29, 1.82) is 0 Å². The molecule has 5 nitrogen and oxygen atoms in total. The van der Waals surface area contributed by atoms with Crippen LogP contribution in [-0.4, -0.2) is 24.5 Å². The molecule has 130 valence electrons. The monoisotopic (exact) mass is 346 g/mol. The van der Waals surface area contributed by atoms with Gasteiger partial charge in [-0.1, -0.05) is 42.5 Å². The summed E-state index contributed by atoms with van der Waals surface area (Å²) in [5, 5.41) is 4.94. The van der Waals surface area contributed by atoms with Gasteiger partial charge in [0, 0.05) is 0 Å².